The number of hydrogen-bond donors (Lipinski definition) is 1. The van der Waals surface area contributed by atoms with Crippen molar-refractivity contribution in [1.82, 2.24) is 20.1 Å². The Morgan fingerprint density at radius 1 is 1.48 bits per heavy atom. The van der Waals surface area contributed by atoms with Gasteiger partial charge < -0.3 is 14.5 Å². The van der Waals surface area contributed by atoms with E-state index in [1.54, 1.807) is 24.4 Å². The molecular formula is C17H20N4O5S. The van der Waals surface area contributed by atoms with E-state index in [1.807, 2.05) is 0 Å². The van der Waals surface area contributed by atoms with Crippen molar-refractivity contribution in [3.63, 3.8) is 0 Å². The van der Waals surface area contributed by atoms with Crippen LogP contribution in [0.2, 0.25) is 0 Å². The first-order valence-electron chi connectivity index (χ1n) is 7.95. The molecule has 2 aromatic heterocycles. The molecule has 0 bridgehead atoms. The van der Waals surface area contributed by atoms with Crippen LogP contribution in [0.15, 0.2) is 45.2 Å². The maximum atomic E-state index is 12.2. The zero-order valence-corrected chi connectivity index (χ0v) is 16.0. The molecule has 0 unspecified atom stereocenters. The highest BCUT2D eigenvalue weighted by Crippen LogP contribution is 2.27. The number of rotatable bonds is 8. The lowest BCUT2D eigenvalue weighted by atomic mass is 10.1. The maximum Gasteiger partial charge on any atom is 0.437 e. The summed E-state index contributed by atoms with van der Waals surface area (Å²) in [5.41, 5.74) is -0.699. The van der Waals surface area contributed by atoms with E-state index < -0.39 is 29.7 Å². The topological polar surface area (TPSA) is 116 Å². The maximum absolute atomic E-state index is 12.2. The lowest BCUT2D eigenvalue weighted by Gasteiger charge is -2.22. The first-order valence-corrected chi connectivity index (χ1v) is 8.93. The van der Waals surface area contributed by atoms with Gasteiger partial charge in [-0.05, 0) is 26.0 Å². The van der Waals surface area contributed by atoms with Crippen LogP contribution < -0.4 is 11.1 Å². The van der Waals surface area contributed by atoms with Crippen LogP contribution in [-0.4, -0.2) is 45.0 Å². The minimum atomic E-state index is -1.24. The van der Waals surface area contributed by atoms with Gasteiger partial charge in [-0.1, -0.05) is 6.08 Å². The lowest BCUT2D eigenvalue weighted by molar-refractivity contribution is -0.149. The molecule has 0 aliphatic rings. The Kier molecular flexibility index (Phi) is 6.56. The molecule has 0 aliphatic carbocycles. The first kappa shape index (κ1) is 20.4. The van der Waals surface area contributed by atoms with Crippen molar-refractivity contribution < 1.29 is 18.7 Å². The molecule has 0 fully saturated rings. The van der Waals surface area contributed by atoms with E-state index in [0.29, 0.717) is 16.3 Å². The van der Waals surface area contributed by atoms with E-state index in [4.69, 9.17) is 4.42 Å². The number of ether oxygens (including phenoxy) is 1. The van der Waals surface area contributed by atoms with Crippen molar-refractivity contribution in [1.29, 1.82) is 0 Å². The van der Waals surface area contributed by atoms with Crippen molar-refractivity contribution >= 4 is 23.6 Å². The number of pyridine rings is 1. The molecule has 2 heterocycles. The Bertz CT molecular complexity index is 903. The van der Waals surface area contributed by atoms with E-state index in [2.05, 4.69) is 26.7 Å². The van der Waals surface area contributed by atoms with Gasteiger partial charge in [0.25, 0.3) is 5.89 Å². The lowest BCUT2D eigenvalue weighted by Crippen LogP contribution is -2.51. The number of carbonyl (C=O) groups excluding carboxylic acids is 2. The second-order valence-electron chi connectivity index (χ2n) is 5.95. The van der Waals surface area contributed by atoms with Gasteiger partial charge in [0.2, 0.25) is 5.91 Å². The highest BCUT2D eigenvalue weighted by Gasteiger charge is 2.30. The molecule has 0 aliphatic heterocycles. The highest BCUT2D eigenvalue weighted by molar-refractivity contribution is 7.99. The second kappa shape index (κ2) is 8.67. The first-order chi connectivity index (χ1) is 12.8. The fourth-order valence-corrected chi connectivity index (χ4v) is 2.87. The number of thioether (sulfide) groups is 1. The largest absolute Gasteiger partial charge is 0.467 e. The van der Waals surface area contributed by atoms with Crippen LogP contribution in [0.25, 0.3) is 11.5 Å². The van der Waals surface area contributed by atoms with Gasteiger partial charge in [-0.25, -0.2) is 14.6 Å². The molecule has 144 valence electrons. The standard InChI is InChI=1S/C17H20N4O5S/c1-5-9-27-14-11(7-6-8-18-14)13-20-21(16(24)26-13)10-12(22)19-17(2,3)15(23)25-4/h5-8H,1,9-10H2,2-4H3,(H,19,22). The molecule has 0 spiro atoms. The predicted molar refractivity (Wildman–Crippen MR) is 99.2 cm³/mol. The smallest absolute Gasteiger partial charge is 0.437 e. The Balaban J connectivity index is 2.20. The van der Waals surface area contributed by atoms with E-state index in [9.17, 15) is 14.4 Å². The Morgan fingerprint density at radius 2 is 2.22 bits per heavy atom. The zero-order chi connectivity index (χ0) is 20.0. The molecule has 9 nitrogen and oxygen atoms in total. The van der Waals surface area contributed by atoms with Gasteiger partial charge in [0.1, 0.15) is 17.1 Å². The van der Waals surface area contributed by atoms with Crippen LogP contribution in [-0.2, 0) is 20.9 Å². The number of aromatic nitrogens is 3. The SMILES string of the molecule is C=CCSc1ncccc1-c1nn(CC(=O)NC(C)(C)C(=O)OC)c(=O)o1. The quantitative estimate of drug-likeness (QED) is 0.405. The van der Waals surface area contributed by atoms with Gasteiger partial charge in [0, 0.05) is 11.9 Å². The summed E-state index contributed by atoms with van der Waals surface area (Å²) in [6, 6.07) is 3.41. The van der Waals surface area contributed by atoms with E-state index in [0.717, 1.165) is 4.68 Å². The third-order valence-corrected chi connectivity index (χ3v) is 4.39. The van der Waals surface area contributed by atoms with Gasteiger partial charge in [-0.2, -0.15) is 4.68 Å². The minimum Gasteiger partial charge on any atom is -0.467 e. The van der Waals surface area contributed by atoms with E-state index in [1.165, 1.54) is 32.7 Å². The Labute approximate surface area is 159 Å². The monoisotopic (exact) mass is 392 g/mol. The molecule has 2 aromatic rings. The molecule has 2 rings (SSSR count). The third-order valence-electron chi connectivity index (χ3n) is 3.39. The van der Waals surface area contributed by atoms with Gasteiger partial charge in [0.15, 0.2) is 0 Å². The average molecular weight is 392 g/mol. The summed E-state index contributed by atoms with van der Waals surface area (Å²) < 4.78 is 10.7. The molecule has 1 amide bonds. The van der Waals surface area contributed by atoms with Gasteiger partial charge >= 0.3 is 11.7 Å². The summed E-state index contributed by atoms with van der Waals surface area (Å²) >= 11 is 1.41. The van der Waals surface area contributed by atoms with Crippen LogP contribution in [0.4, 0.5) is 0 Å². The van der Waals surface area contributed by atoms with E-state index >= 15 is 0 Å². The van der Waals surface area contributed by atoms with Crippen molar-refractivity contribution in [2.75, 3.05) is 12.9 Å². The Hall–Kier alpha value is -2.88. The fourth-order valence-electron chi connectivity index (χ4n) is 2.15. The number of esters is 1. The van der Waals surface area contributed by atoms with Crippen LogP contribution in [0.5, 0.6) is 0 Å². The summed E-state index contributed by atoms with van der Waals surface area (Å²) in [5, 5.41) is 7.18. The molecule has 0 saturated heterocycles. The van der Waals surface area contributed by atoms with Gasteiger partial charge in [-0.15, -0.1) is 23.4 Å². The second-order valence-corrected chi connectivity index (χ2v) is 6.96. The molecule has 10 heteroatoms. The van der Waals surface area contributed by atoms with Crippen molar-refractivity contribution in [2.24, 2.45) is 0 Å². The van der Waals surface area contributed by atoms with Crippen molar-refractivity contribution in [3.8, 4) is 11.5 Å². The number of hydrogen-bond acceptors (Lipinski definition) is 8. The van der Waals surface area contributed by atoms with Crippen molar-refractivity contribution in [2.45, 2.75) is 31.0 Å². The van der Waals surface area contributed by atoms with Gasteiger partial charge in [-0.3, -0.25) is 4.79 Å². The molecule has 1 N–H and O–H groups in total. The molecule has 27 heavy (non-hydrogen) atoms. The molecule has 0 radical (unpaired) electrons. The number of methoxy groups -OCH3 is 1. The predicted octanol–water partition coefficient (Wildman–Crippen LogP) is 1.24. The summed E-state index contributed by atoms with van der Waals surface area (Å²) in [6.45, 7) is 6.24. The van der Waals surface area contributed by atoms with Gasteiger partial charge in [0.05, 0.1) is 12.7 Å². The number of nitrogens with zero attached hydrogens (tertiary/aromatic N) is 3. The number of nitrogens with one attached hydrogen (secondary N) is 1. The number of carbonyl (C=O) groups is 2. The minimum absolute atomic E-state index is 0.0553. The fraction of sp³-hybridized carbons (Fsp3) is 0.353. The zero-order valence-electron chi connectivity index (χ0n) is 15.2. The van der Waals surface area contributed by atoms with Crippen LogP contribution in [0.1, 0.15) is 13.8 Å². The normalized spacial score (nSPS) is 11.1. The summed E-state index contributed by atoms with van der Waals surface area (Å²) in [6.07, 6.45) is 3.34. The van der Waals surface area contributed by atoms with Crippen molar-refractivity contribution in [3.05, 3.63) is 41.5 Å². The van der Waals surface area contributed by atoms with E-state index in [-0.39, 0.29) is 5.89 Å². The van der Waals surface area contributed by atoms with Crippen LogP contribution >= 0.6 is 11.8 Å². The molecule has 0 atom stereocenters. The average Bonchev–Trinajstić information content (AvgIpc) is 2.99. The molecule has 0 aromatic carbocycles. The Morgan fingerprint density at radius 3 is 2.89 bits per heavy atom. The van der Waals surface area contributed by atoms with Crippen LogP contribution in [0, 0.1) is 0 Å². The third kappa shape index (κ3) is 5.07. The summed E-state index contributed by atoms with van der Waals surface area (Å²) in [5.74, 6) is -1.30. The highest BCUT2D eigenvalue weighted by atomic mass is 32.2. The summed E-state index contributed by atoms with van der Waals surface area (Å²) in [7, 11) is 1.22. The number of amides is 1. The summed E-state index contributed by atoms with van der Waals surface area (Å²) in [4.78, 5) is 40.1. The van der Waals surface area contributed by atoms with Crippen LogP contribution in [0.3, 0.4) is 0 Å². The molecular weight excluding hydrogens is 372 g/mol. The molecule has 0 saturated carbocycles.